The van der Waals surface area contributed by atoms with Crippen LogP contribution in [0.1, 0.15) is 6.42 Å². The van der Waals surface area contributed by atoms with Gasteiger partial charge in [-0.15, -0.1) is 5.10 Å². The lowest BCUT2D eigenvalue weighted by Crippen LogP contribution is -2.61. The number of hydrogen-bond donors (Lipinski definition) is 2. The standard InChI is InChI=1S/C15H18FN7O2/c16-13-5-10(1-2-14(13)23-9-17-19-20-23)18-15(25)22-6-11(7-22)21-4-3-12(24)8-21/h1-2,5,9,11-12,24H,3-4,6-8H2,(H,18,25)/t12-/m1/s1. The monoisotopic (exact) mass is 347 g/mol. The van der Waals surface area contributed by atoms with Gasteiger partial charge in [-0.1, -0.05) is 0 Å². The number of nitrogens with one attached hydrogen (secondary N) is 1. The summed E-state index contributed by atoms with van der Waals surface area (Å²) >= 11 is 0. The number of likely N-dealkylation sites (tertiary alicyclic amines) is 2. The summed E-state index contributed by atoms with van der Waals surface area (Å²) in [6.07, 6.45) is 1.83. The smallest absolute Gasteiger partial charge is 0.321 e. The summed E-state index contributed by atoms with van der Waals surface area (Å²) in [6.45, 7) is 2.77. The second-order valence-electron chi connectivity index (χ2n) is 6.35. The molecule has 1 aromatic heterocycles. The first-order valence-electron chi connectivity index (χ1n) is 8.11. The molecule has 2 saturated heterocycles. The second-order valence-corrected chi connectivity index (χ2v) is 6.35. The maximum Gasteiger partial charge on any atom is 0.321 e. The van der Waals surface area contributed by atoms with E-state index in [1.54, 1.807) is 11.0 Å². The van der Waals surface area contributed by atoms with Crippen LogP contribution in [0.3, 0.4) is 0 Å². The molecule has 0 aliphatic carbocycles. The highest BCUT2D eigenvalue weighted by atomic mass is 19.1. The molecule has 1 atom stereocenters. The fourth-order valence-corrected chi connectivity index (χ4v) is 3.20. The van der Waals surface area contributed by atoms with Gasteiger partial charge >= 0.3 is 6.03 Å². The van der Waals surface area contributed by atoms with Crippen molar-refractivity contribution in [3.63, 3.8) is 0 Å². The fraction of sp³-hybridized carbons (Fsp3) is 0.467. The van der Waals surface area contributed by atoms with Crippen LogP contribution in [0, 0.1) is 5.82 Å². The molecule has 3 heterocycles. The van der Waals surface area contributed by atoms with E-state index in [4.69, 9.17) is 0 Å². The Kier molecular flexibility index (Phi) is 4.06. The Morgan fingerprint density at radius 1 is 1.32 bits per heavy atom. The van der Waals surface area contributed by atoms with Crippen molar-refractivity contribution in [3.8, 4) is 5.69 Å². The number of urea groups is 1. The van der Waals surface area contributed by atoms with E-state index in [0.717, 1.165) is 13.0 Å². The number of amides is 2. The van der Waals surface area contributed by atoms with Crippen molar-refractivity contribution in [2.75, 3.05) is 31.5 Å². The molecule has 2 N–H and O–H groups in total. The fourth-order valence-electron chi connectivity index (χ4n) is 3.20. The van der Waals surface area contributed by atoms with Crippen molar-refractivity contribution in [1.29, 1.82) is 0 Å². The first-order chi connectivity index (χ1) is 12.1. The highest BCUT2D eigenvalue weighted by Crippen LogP contribution is 2.22. The number of aliphatic hydroxyl groups is 1. The number of benzene rings is 1. The lowest BCUT2D eigenvalue weighted by molar-refractivity contribution is 0.0669. The van der Waals surface area contributed by atoms with Gasteiger partial charge < -0.3 is 15.3 Å². The summed E-state index contributed by atoms with van der Waals surface area (Å²) in [5, 5.41) is 22.8. The maximum atomic E-state index is 14.2. The Hall–Kier alpha value is -2.59. The van der Waals surface area contributed by atoms with E-state index < -0.39 is 5.82 Å². The van der Waals surface area contributed by atoms with Gasteiger partial charge in [0, 0.05) is 37.9 Å². The number of hydrogen-bond acceptors (Lipinski definition) is 6. The molecule has 0 spiro atoms. The van der Waals surface area contributed by atoms with E-state index in [2.05, 4.69) is 25.7 Å². The molecule has 10 heteroatoms. The van der Waals surface area contributed by atoms with Gasteiger partial charge in [-0.25, -0.2) is 9.18 Å². The molecule has 2 fully saturated rings. The highest BCUT2D eigenvalue weighted by molar-refractivity contribution is 5.90. The van der Waals surface area contributed by atoms with E-state index >= 15 is 0 Å². The molecule has 2 aliphatic rings. The number of aromatic nitrogens is 4. The number of nitrogens with zero attached hydrogens (tertiary/aromatic N) is 6. The normalized spacial score (nSPS) is 21.4. The Morgan fingerprint density at radius 3 is 2.80 bits per heavy atom. The number of rotatable bonds is 3. The second kappa shape index (κ2) is 6.37. The van der Waals surface area contributed by atoms with Crippen LogP contribution in [-0.2, 0) is 0 Å². The topological polar surface area (TPSA) is 99.4 Å². The van der Waals surface area contributed by atoms with Gasteiger partial charge in [0.1, 0.15) is 12.0 Å². The van der Waals surface area contributed by atoms with Crippen molar-refractivity contribution in [2.45, 2.75) is 18.6 Å². The van der Waals surface area contributed by atoms with Crippen LogP contribution >= 0.6 is 0 Å². The predicted octanol–water partition coefficient (Wildman–Crippen LogP) is 0.0841. The van der Waals surface area contributed by atoms with Gasteiger partial charge in [0.05, 0.1) is 6.10 Å². The Labute approximate surface area is 143 Å². The van der Waals surface area contributed by atoms with Crippen LogP contribution in [0.4, 0.5) is 14.9 Å². The average molecular weight is 347 g/mol. The zero-order chi connectivity index (χ0) is 17.4. The first-order valence-corrected chi connectivity index (χ1v) is 8.11. The van der Waals surface area contributed by atoms with Crippen LogP contribution in [0.15, 0.2) is 24.5 Å². The van der Waals surface area contributed by atoms with Gasteiger partial charge in [0.15, 0.2) is 5.82 Å². The lowest BCUT2D eigenvalue weighted by atomic mass is 10.1. The van der Waals surface area contributed by atoms with Crippen molar-refractivity contribution in [3.05, 3.63) is 30.3 Å². The van der Waals surface area contributed by atoms with Crippen LogP contribution in [-0.4, -0.2) is 79.5 Å². The molecule has 0 unspecified atom stereocenters. The molecule has 1 aromatic carbocycles. The van der Waals surface area contributed by atoms with Crippen LogP contribution in [0.5, 0.6) is 0 Å². The third-order valence-corrected chi connectivity index (χ3v) is 4.66. The van der Waals surface area contributed by atoms with Crippen molar-refractivity contribution < 1.29 is 14.3 Å². The van der Waals surface area contributed by atoms with Gasteiger partial charge in [0.25, 0.3) is 0 Å². The molecule has 2 aromatic rings. The largest absolute Gasteiger partial charge is 0.392 e. The number of anilines is 1. The summed E-state index contributed by atoms with van der Waals surface area (Å²) in [6, 6.07) is 4.38. The van der Waals surface area contributed by atoms with E-state index in [0.29, 0.717) is 31.4 Å². The predicted molar refractivity (Wildman–Crippen MR) is 85.7 cm³/mol. The maximum absolute atomic E-state index is 14.2. The summed E-state index contributed by atoms with van der Waals surface area (Å²) in [4.78, 5) is 16.1. The minimum Gasteiger partial charge on any atom is -0.392 e. The number of halogens is 1. The minimum atomic E-state index is -0.530. The van der Waals surface area contributed by atoms with E-state index in [9.17, 15) is 14.3 Å². The number of carbonyl (C=O) groups is 1. The number of tetrazole rings is 1. The Balaban J connectivity index is 1.34. The Morgan fingerprint density at radius 2 is 2.16 bits per heavy atom. The van der Waals surface area contributed by atoms with E-state index in [-0.39, 0.29) is 17.8 Å². The molecule has 0 bridgehead atoms. The SMILES string of the molecule is O=C(Nc1ccc(-n2cnnn2)c(F)c1)N1CC(N2CC[C@@H](O)C2)C1. The summed E-state index contributed by atoms with van der Waals surface area (Å²) in [7, 11) is 0. The molecule has 0 saturated carbocycles. The van der Waals surface area contributed by atoms with Crippen LogP contribution < -0.4 is 5.32 Å². The third-order valence-electron chi connectivity index (χ3n) is 4.66. The van der Waals surface area contributed by atoms with Crippen molar-refractivity contribution in [2.24, 2.45) is 0 Å². The van der Waals surface area contributed by atoms with Crippen molar-refractivity contribution >= 4 is 11.7 Å². The molecular formula is C15H18FN7O2. The van der Waals surface area contributed by atoms with E-state index in [1.165, 1.54) is 23.1 Å². The summed E-state index contributed by atoms with van der Waals surface area (Å²) in [5.41, 5.74) is 0.582. The molecule has 2 amide bonds. The summed E-state index contributed by atoms with van der Waals surface area (Å²) < 4.78 is 15.4. The average Bonchev–Trinajstić information content (AvgIpc) is 3.18. The van der Waals surface area contributed by atoms with Gasteiger partial charge in [-0.05, 0) is 35.0 Å². The minimum absolute atomic E-state index is 0.208. The number of β-amino-alcohol motifs (C(OH)–C–C–N with tert-alkyl or cyclic N) is 1. The molecule has 2 aliphatic heterocycles. The first kappa shape index (κ1) is 15.9. The Bertz CT molecular complexity index is 763. The van der Waals surface area contributed by atoms with Crippen LogP contribution in [0.25, 0.3) is 5.69 Å². The molecule has 25 heavy (non-hydrogen) atoms. The molecule has 0 radical (unpaired) electrons. The van der Waals surface area contributed by atoms with E-state index in [1.807, 2.05) is 0 Å². The zero-order valence-corrected chi connectivity index (χ0v) is 13.4. The molecule has 4 rings (SSSR count). The third kappa shape index (κ3) is 3.17. The molecule has 132 valence electrons. The zero-order valence-electron chi connectivity index (χ0n) is 13.4. The quantitative estimate of drug-likeness (QED) is 0.816. The number of carbonyl (C=O) groups excluding carboxylic acids is 1. The molecule has 9 nitrogen and oxygen atoms in total. The lowest BCUT2D eigenvalue weighted by Gasteiger charge is -2.43. The van der Waals surface area contributed by atoms with Gasteiger partial charge in [-0.3, -0.25) is 4.90 Å². The number of aliphatic hydroxyl groups excluding tert-OH is 1. The summed E-state index contributed by atoms with van der Waals surface area (Å²) in [5.74, 6) is -0.530. The molecular weight excluding hydrogens is 329 g/mol. The van der Waals surface area contributed by atoms with Crippen molar-refractivity contribution in [1.82, 2.24) is 30.0 Å². The highest BCUT2D eigenvalue weighted by Gasteiger charge is 2.37. The van der Waals surface area contributed by atoms with Gasteiger partial charge in [-0.2, -0.15) is 4.68 Å². The van der Waals surface area contributed by atoms with Gasteiger partial charge in [0.2, 0.25) is 0 Å². The van der Waals surface area contributed by atoms with Crippen LogP contribution in [0.2, 0.25) is 0 Å².